The van der Waals surface area contributed by atoms with Crippen LogP contribution in [0.15, 0.2) is 24.4 Å². The van der Waals surface area contributed by atoms with Crippen molar-refractivity contribution < 1.29 is 4.79 Å². The highest BCUT2D eigenvalue weighted by Crippen LogP contribution is 2.22. The van der Waals surface area contributed by atoms with Gasteiger partial charge in [-0.15, -0.1) is 0 Å². The number of carbonyl (C=O) groups excluding carboxylic acids is 1. The SMILES string of the molecule is C[C@@H]1CN(Cc2ccccn2)CC[C@H]1NC(=O)[C@]1(C)CCCCN1. The van der Waals surface area contributed by atoms with Crippen LogP contribution in [0.2, 0.25) is 0 Å². The zero-order valence-electron chi connectivity index (χ0n) is 14.9. The van der Waals surface area contributed by atoms with Gasteiger partial charge < -0.3 is 10.6 Å². The number of aromatic nitrogens is 1. The number of nitrogens with zero attached hydrogens (tertiary/aromatic N) is 2. The lowest BCUT2D eigenvalue weighted by Crippen LogP contribution is -2.60. The van der Waals surface area contributed by atoms with E-state index < -0.39 is 0 Å². The van der Waals surface area contributed by atoms with Gasteiger partial charge in [0.05, 0.1) is 11.2 Å². The molecule has 2 N–H and O–H groups in total. The summed E-state index contributed by atoms with van der Waals surface area (Å²) in [6.07, 6.45) is 6.10. The van der Waals surface area contributed by atoms with Gasteiger partial charge in [-0.3, -0.25) is 14.7 Å². The Kier molecular flexibility index (Phi) is 5.51. The number of nitrogens with one attached hydrogen (secondary N) is 2. The second-order valence-electron chi connectivity index (χ2n) is 7.62. The Labute approximate surface area is 145 Å². The summed E-state index contributed by atoms with van der Waals surface area (Å²) in [7, 11) is 0. The highest BCUT2D eigenvalue weighted by molar-refractivity contribution is 5.86. The lowest BCUT2D eigenvalue weighted by Gasteiger charge is -2.40. The fraction of sp³-hybridized carbons (Fsp3) is 0.684. The van der Waals surface area contributed by atoms with Gasteiger partial charge in [0.15, 0.2) is 0 Å². The molecule has 5 heteroatoms. The Hall–Kier alpha value is -1.46. The van der Waals surface area contributed by atoms with Crippen molar-refractivity contribution in [1.82, 2.24) is 20.5 Å². The van der Waals surface area contributed by atoms with Gasteiger partial charge in [0, 0.05) is 31.9 Å². The number of hydrogen-bond acceptors (Lipinski definition) is 4. The van der Waals surface area contributed by atoms with Crippen LogP contribution in [0.1, 0.15) is 45.2 Å². The molecule has 2 saturated heterocycles. The first-order valence-corrected chi connectivity index (χ1v) is 9.25. The van der Waals surface area contributed by atoms with Crippen LogP contribution in [-0.4, -0.2) is 47.0 Å². The normalized spacial score (nSPS) is 31.6. The van der Waals surface area contributed by atoms with Gasteiger partial charge in [-0.25, -0.2) is 0 Å². The maximum absolute atomic E-state index is 12.7. The summed E-state index contributed by atoms with van der Waals surface area (Å²) in [4.78, 5) is 19.6. The molecule has 0 aromatic carbocycles. The van der Waals surface area contributed by atoms with Gasteiger partial charge >= 0.3 is 0 Å². The second-order valence-corrected chi connectivity index (χ2v) is 7.62. The molecule has 1 amide bonds. The van der Waals surface area contributed by atoms with Gasteiger partial charge in [0.25, 0.3) is 0 Å². The standard InChI is InChI=1S/C19H30N4O/c1-15-13-23(14-16-7-3-5-10-20-16)12-8-17(15)22-18(24)19(2)9-4-6-11-21-19/h3,5,7,10,15,17,21H,4,6,8-9,11-14H2,1-2H3,(H,22,24)/t15-,17-,19+/m1/s1. The summed E-state index contributed by atoms with van der Waals surface area (Å²) in [6.45, 7) is 8.14. The molecule has 3 atom stereocenters. The molecule has 0 spiro atoms. The van der Waals surface area contributed by atoms with Gasteiger partial charge in [-0.05, 0) is 57.2 Å². The smallest absolute Gasteiger partial charge is 0.240 e. The van der Waals surface area contributed by atoms with Crippen LogP contribution in [0.5, 0.6) is 0 Å². The Morgan fingerprint density at radius 3 is 3.00 bits per heavy atom. The molecule has 1 aromatic rings. The van der Waals surface area contributed by atoms with Crippen LogP contribution in [0.3, 0.4) is 0 Å². The van der Waals surface area contributed by atoms with Crippen LogP contribution in [-0.2, 0) is 11.3 Å². The molecule has 132 valence electrons. The predicted octanol–water partition coefficient (Wildman–Crippen LogP) is 1.94. The van der Waals surface area contributed by atoms with Crippen LogP contribution >= 0.6 is 0 Å². The molecule has 0 unspecified atom stereocenters. The second kappa shape index (κ2) is 7.62. The van der Waals surface area contributed by atoms with E-state index in [0.717, 1.165) is 51.1 Å². The van der Waals surface area contributed by atoms with E-state index in [1.807, 2.05) is 25.3 Å². The molecule has 2 fully saturated rings. The topological polar surface area (TPSA) is 57.3 Å². The van der Waals surface area contributed by atoms with Crippen LogP contribution in [0.4, 0.5) is 0 Å². The van der Waals surface area contributed by atoms with E-state index in [-0.39, 0.29) is 17.5 Å². The van der Waals surface area contributed by atoms with E-state index in [1.165, 1.54) is 6.42 Å². The minimum absolute atomic E-state index is 0.178. The first-order chi connectivity index (χ1) is 11.6. The van der Waals surface area contributed by atoms with Crippen LogP contribution < -0.4 is 10.6 Å². The summed E-state index contributed by atoms with van der Waals surface area (Å²) in [6, 6.07) is 6.34. The Morgan fingerprint density at radius 2 is 2.33 bits per heavy atom. The third-order valence-electron chi connectivity index (χ3n) is 5.54. The monoisotopic (exact) mass is 330 g/mol. The number of amides is 1. The number of likely N-dealkylation sites (tertiary alicyclic amines) is 1. The van der Waals surface area contributed by atoms with Crippen molar-refractivity contribution in [3.8, 4) is 0 Å². The van der Waals surface area contributed by atoms with E-state index >= 15 is 0 Å². The van der Waals surface area contributed by atoms with E-state index in [2.05, 4.69) is 33.5 Å². The largest absolute Gasteiger partial charge is 0.351 e. The average Bonchev–Trinajstić information content (AvgIpc) is 2.59. The van der Waals surface area contributed by atoms with E-state index in [1.54, 1.807) is 0 Å². The highest BCUT2D eigenvalue weighted by atomic mass is 16.2. The molecule has 0 bridgehead atoms. The molecule has 0 aliphatic carbocycles. The molecule has 0 saturated carbocycles. The van der Waals surface area contributed by atoms with E-state index in [0.29, 0.717) is 5.92 Å². The maximum atomic E-state index is 12.7. The summed E-state index contributed by atoms with van der Waals surface area (Å²) in [5.74, 6) is 0.635. The number of carbonyl (C=O) groups is 1. The quantitative estimate of drug-likeness (QED) is 0.886. The number of pyridine rings is 1. The van der Waals surface area contributed by atoms with Crippen LogP contribution in [0.25, 0.3) is 0 Å². The molecule has 3 heterocycles. The molecule has 5 nitrogen and oxygen atoms in total. The zero-order valence-corrected chi connectivity index (χ0v) is 14.9. The van der Waals surface area contributed by atoms with Gasteiger partial charge in [-0.1, -0.05) is 13.0 Å². The van der Waals surface area contributed by atoms with Crippen molar-refractivity contribution in [3.63, 3.8) is 0 Å². The molecule has 1 aromatic heterocycles. The van der Waals surface area contributed by atoms with E-state index in [9.17, 15) is 4.79 Å². The summed E-state index contributed by atoms with van der Waals surface area (Å²) >= 11 is 0. The maximum Gasteiger partial charge on any atom is 0.240 e. The van der Waals surface area contributed by atoms with Crippen molar-refractivity contribution in [3.05, 3.63) is 30.1 Å². The van der Waals surface area contributed by atoms with Gasteiger partial charge in [-0.2, -0.15) is 0 Å². The average molecular weight is 330 g/mol. The summed E-state index contributed by atoms with van der Waals surface area (Å²) in [5, 5.41) is 6.73. The van der Waals surface area contributed by atoms with Crippen molar-refractivity contribution in [2.45, 2.75) is 57.7 Å². The molecule has 2 aliphatic rings. The first-order valence-electron chi connectivity index (χ1n) is 9.25. The fourth-order valence-corrected chi connectivity index (χ4v) is 3.89. The number of hydrogen-bond donors (Lipinski definition) is 2. The third kappa shape index (κ3) is 4.14. The molecule has 0 radical (unpaired) electrons. The third-order valence-corrected chi connectivity index (χ3v) is 5.54. The van der Waals surface area contributed by atoms with Gasteiger partial charge in [0.2, 0.25) is 5.91 Å². The molecule has 2 aliphatic heterocycles. The minimum atomic E-state index is -0.386. The lowest BCUT2D eigenvalue weighted by molar-refractivity contribution is -0.129. The predicted molar refractivity (Wildman–Crippen MR) is 95.5 cm³/mol. The summed E-state index contributed by atoms with van der Waals surface area (Å²) < 4.78 is 0. The van der Waals surface area contributed by atoms with Crippen LogP contribution in [0, 0.1) is 5.92 Å². The Balaban J connectivity index is 1.51. The lowest BCUT2D eigenvalue weighted by atomic mass is 9.88. The molecule has 24 heavy (non-hydrogen) atoms. The van der Waals surface area contributed by atoms with Crippen molar-refractivity contribution >= 4 is 5.91 Å². The minimum Gasteiger partial charge on any atom is -0.351 e. The Morgan fingerprint density at radius 1 is 1.46 bits per heavy atom. The van der Waals surface area contributed by atoms with Crippen molar-refractivity contribution in [1.29, 1.82) is 0 Å². The number of rotatable bonds is 4. The zero-order chi connectivity index (χ0) is 17.0. The molecule has 3 rings (SSSR count). The highest BCUT2D eigenvalue weighted by Gasteiger charge is 2.37. The fourth-order valence-electron chi connectivity index (χ4n) is 3.89. The molecular formula is C19H30N4O. The molecular weight excluding hydrogens is 300 g/mol. The van der Waals surface area contributed by atoms with Gasteiger partial charge in [0.1, 0.15) is 0 Å². The van der Waals surface area contributed by atoms with Crippen molar-refractivity contribution in [2.24, 2.45) is 5.92 Å². The Bertz CT molecular complexity index is 542. The van der Waals surface area contributed by atoms with E-state index in [4.69, 9.17) is 0 Å². The number of piperidine rings is 2. The van der Waals surface area contributed by atoms with Crippen molar-refractivity contribution in [2.75, 3.05) is 19.6 Å². The summed E-state index contributed by atoms with van der Waals surface area (Å²) in [5.41, 5.74) is 0.731. The first kappa shape index (κ1) is 17.4.